The number of imidazole rings is 1. The Morgan fingerprint density at radius 2 is 1.68 bits per heavy atom. The van der Waals surface area contributed by atoms with Crippen molar-refractivity contribution in [3.05, 3.63) is 84.2 Å². The lowest BCUT2D eigenvalue weighted by atomic mass is 10.2. The van der Waals surface area contributed by atoms with E-state index in [-0.39, 0.29) is 5.91 Å². The van der Waals surface area contributed by atoms with Crippen molar-refractivity contribution in [2.75, 3.05) is 5.32 Å². The van der Waals surface area contributed by atoms with Gasteiger partial charge in [-0.15, -0.1) is 0 Å². The van der Waals surface area contributed by atoms with E-state index in [9.17, 15) is 13.6 Å². The first-order valence-electron chi connectivity index (χ1n) is 8.50. The van der Waals surface area contributed by atoms with Gasteiger partial charge in [0.1, 0.15) is 11.5 Å². The maximum atomic E-state index is 12.7. The molecule has 0 fully saturated rings. The molecule has 0 aliphatic carbocycles. The summed E-state index contributed by atoms with van der Waals surface area (Å²) in [5.41, 5.74) is 1.69. The summed E-state index contributed by atoms with van der Waals surface area (Å²) < 4.78 is 31.2. The van der Waals surface area contributed by atoms with Gasteiger partial charge in [0.15, 0.2) is 5.82 Å². The molecule has 0 atom stereocenters. The zero-order valence-electron chi connectivity index (χ0n) is 14.5. The summed E-state index contributed by atoms with van der Waals surface area (Å²) in [6.45, 7) is 0. The third-order valence-corrected chi connectivity index (χ3v) is 4.06. The fraction of sp³-hybridized carbons (Fsp3) is 0.0476. The maximum absolute atomic E-state index is 12.7. The van der Waals surface area contributed by atoms with Crippen molar-refractivity contribution in [3.63, 3.8) is 0 Å². The van der Waals surface area contributed by atoms with Gasteiger partial charge >= 0.3 is 0 Å². The van der Waals surface area contributed by atoms with Crippen LogP contribution in [-0.2, 0) is 0 Å². The Kier molecular flexibility index (Phi) is 4.72. The van der Waals surface area contributed by atoms with Gasteiger partial charge in [-0.05, 0) is 54.6 Å². The molecule has 1 amide bonds. The van der Waals surface area contributed by atoms with E-state index < -0.39 is 12.2 Å². The third-order valence-electron chi connectivity index (χ3n) is 4.06. The lowest BCUT2D eigenvalue weighted by Crippen LogP contribution is -2.11. The van der Waals surface area contributed by atoms with Gasteiger partial charge < -0.3 is 15.0 Å². The Bertz CT molecular complexity index is 1110. The van der Waals surface area contributed by atoms with Crippen LogP contribution < -0.4 is 10.1 Å². The van der Waals surface area contributed by atoms with Crippen molar-refractivity contribution in [2.24, 2.45) is 0 Å². The van der Waals surface area contributed by atoms with Gasteiger partial charge in [-0.25, -0.2) is 13.8 Å². The van der Waals surface area contributed by atoms with Gasteiger partial charge in [-0.1, -0.05) is 18.2 Å². The number of nitrogens with zero attached hydrogens (tertiary/aromatic N) is 1. The van der Waals surface area contributed by atoms with Crippen LogP contribution in [0.1, 0.15) is 22.6 Å². The number of carbonyl (C=O) groups excluding carboxylic acids is 1. The molecule has 28 heavy (non-hydrogen) atoms. The van der Waals surface area contributed by atoms with E-state index in [0.717, 1.165) is 5.75 Å². The SMILES string of the molecule is O=C(Nc1ccc(Oc2ccccc2)cc1)c1ccc2nc(C(F)F)[nH]c2c1. The summed E-state index contributed by atoms with van der Waals surface area (Å²) in [6.07, 6.45) is -2.69. The highest BCUT2D eigenvalue weighted by Gasteiger charge is 2.14. The number of benzene rings is 3. The van der Waals surface area contributed by atoms with Crippen LogP contribution in [0.2, 0.25) is 0 Å². The molecule has 7 heteroatoms. The molecule has 0 unspecified atom stereocenters. The topological polar surface area (TPSA) is 67.0 Å². The molecule has 1 aromatic heterocycles. The number of H-pyrrole nitrogens is 1. The Labute approximate surface area is 159 Å². The monoisotopic (exact) mass is 379 g/mol. The Balaban J connectivity index is 1.46. The molecular weight excluding hydrogens is 364 g/mol. The fourth-order valence-corrected chi connectivity index (χ4v) is 2.71. The van der Waals surface area contributed by atoms with Gasteiger partial charge in [0, 0.05) is 11.3 Å². The minimum absolute atomic E-state index is 0.335. The second-order valence-electron chi connectivity index (χ2n) is 6.05. The molecule has 140 valence electrons. The lowest BCUT2D eigenvalue weighted by molar-refractivity contribution is 0.102. The van der Waals surface area contributed by atoms with E-state index in [0.29, 0.717) is 28.0 Å². The van der Waals surface area contributed by atoms with Gasteiger partial charge in [0.25, 0.3) is 12.3 Å². The standard InChI is InChI=1S/C21H15F2N3O2/c22-19(23)20-25-17-11-6-13(12-18(17)26-20)21(27)24-14-7-9-16(10-8-14)28-15-4-2-1-3-5-15/h1-12,19H,(H,24,27)(H,25,26). The number of halogens is 2. The molecule has 4 aromatic rings. The molecule has 0 aliphatic heterocycles. The second kappa shape index (κ2) is 7.48. The van der Waals surface area contributed by atoms with Gasteiger partial charge in [0.05, 0.1) is 11.0 Å². The highest BCUT2D eigenvalue weighted by Crippen LogP contribution is 2.24. The van der Waals surface area contributed by atoms with Gasteiger partial charge in [0.2, 0.25) is 0 Å². The number of carbonyl (C=O) groups is 1. The van der Waals surface area contributed by atoms with Crippen LogP contribution in [-0.4, -0.2) is 15.9 Å². The molecule has 5 nitrogen and oxygen atoms in total. The molecule has 0 saturated carbocycles. The molecule has 0 aliphatic rings. The van der Waals surface area contributed by atoms with Crippen molar-refractivity contribution in [1.82, 2.24) is 9.97 Å². The first-order chi connectivity index (χ1) is 13.6. The second-order valence-corrected chi connectivity index (χ2v) is 6.05. The zero-order valence-corrected chi connectivity index (χ0v) is 14.5. The number of hydrogen-bond acceptors (Lipinski definition) is 3. The number of ether oxygens (including phenoxy) is 1. The summed E-state index contributed by atoms with van der Waals surface area (Å²) in [4.78, 5) is 18.8. The molecule has 4 rings (SSSR count). The minimum Gasteiger partial charge on any atom is -0.457 e. The van der Waals surface area contributed by atoms with E-state index in [2.05, 4.69) is 15.3 Å². The van der Waals surface area contributed by atoms with Gasteiger partial charge in [-0.3, -0.25) is 4.79 Å². The molecule has 2 N–H and O–H groups in total. The van der Waals surface area contributed by atoms with Crippen LogP contribution in [0.4, 0.5) is 14.5 Å². The molecule has 0 radical (unpaired) electrons. The summed E-state index contributed by atoms with van der Waals surface area (Å²) in [5, 5.41) is 2.77. The smallest absolute Gasteiger partial charge is 0.295 e. The molecule has 0 saturated heterocycles. The zero-order chi connectivity index (χ0) is 19.5. The summed E-state index contributed by atoms with van der Waals surface area (Å²) >= 11 is 0. The average molecular weight is 379 g/mol. The Hall–Kier alpha value is -3.74. The average Bonchev–Trinajstić information content (AvgIpc) is 3.14. The van der Waals surface area contributed by atoms with Crippen LogP contribution in [0.3, 0.4) is 0 Å². The molecular formula is C21H15F2N3O2. The van der Waals surface area contributed by atoms with Crippen molar-refractivity contribution in [2.45, 2.75) is 6.43 Å². The summed E-state index contributed by atoms with van der Waals surface area (Å²) in [6, 6.07) is 20.9. The predicted octanol–water partition coefficient (Wildman–Crippen LogP) is 5.55. The minimum atomic E-state index is -2.69. The quantitative estimate of drug-likeness (QED) is 0.478. The van der Waals surface area contributed by atoms with E-state index in [4.69, 9.17) is 4.74 Å². The molecule has 0 spiro atoms. The number of hydrogen-bond donors (Lipinski definition) is 2. The van der Waals surface area contributed by atoms with Crippen LogP contribution in [0, 0.1) is 0 Å². The van der Waals surface area contributed by atoms with E-state index in [1.165, 1.54) is 12.1 Å². The highest BCUT2D eigenvalue weighted by molar-refractivity contribution is 6.05. The molecule has 3 aromatic carbocycles. The van der Waals surface area contributed by atoms with E-state index >= 15 is 0 Å². The fourth-order valence-electron chi connectivity index (χ4n) is 2.71. The number of aromatic amines is 1. The van der Waals surface area contributed by atoms with Crippen LogP contribution in [0.25, 0.3) is 11.0 Å². The normalized spacial score (nSPS) is 11.0. The lowest BCUT2D eigenvalue weighted by Gasteiger charge is -2.08. The number of para-hydroxylation sites is 1. The van der Waals surface area contributed by atoms with Crippen molar-refractivity contribution >= 4 is 22.6 Å². The van der Waals surface area contributed by atoms with Crippen LogP contribution in [0.15, 0.2) is 72.8 Å². The van der Waals surface area contributed by atoms with Crippen molar-refractivity contribution in [3.8, 4) is 11.5 Å². The number of aromatic nitrogens is 2. The third kappa shape index (κ3) is 3.83. The predicted molar refractivity (Wildman–Crippen MR) is 102 cm³/mol. The van der Waals surface area contributed by atoms with Gasteiger partial charge in [-0.2, -0.15) is 0 Å². The number of nitrogens with one attached hydrogen (secondary N) is 2. The number of alkyl halides is 2. The molecule has 0 bridgehead atoms. The first-order valence-corrected chi connectivity index (χ1v) is 8.50. The number of fused-ring (bicyclic) bond motifs is 1. The van der Waals surface area contributed by atoms with E-state index in [1.54, 1.807) is 30.3 Å². The van der Waals surface area contributed by atoms with E-state index in [1.807, 2.05) is 30.3 Å². The van der Waals surface area contributed by atoms with Crippen LogP contribution in [0.5, 0.6) is 11.5 Å². The highest BCUT2D eigenvalue weighted by atomic mass is 19.3. The number of rotatable bonds is 5. The van der Waals surface area contributed by atoms with Crippen molar-refractivity contribution in [1.29, 1.82) is 0 Å². The summed E-state index contributed by atoms with van der Waals surface area (Å²) in [5.74, 6) is 0.589. The molecule has 1 heterocycles. The number of anilines is 1. The Morgan fingerprint density at radius 3 is 2.39 bits per heavy atom. The first kappa shape index (κ1) is 17.7. The summed E-state index contributed by atoms with van der Waals surface area (Å²) in [7, 11) is 0. The number of amides is 1. The van der Waals surface area contributed by atoms with Crippen LogP contribution >= 0.6 is 0 Å². The maximum Gasteiger partial charge on any atom is 0.295 e. The Morgan fingerprint density at radius 1 is 0.964 bits per heavy atom. The van der Waals surface area contributed by atoms with Crippen molar-refractivity contribution < 1.29 is 18.3 Å². The largest absolute Gasteiger partial charge is 0.457 e.